The Morgan fingerprint density at radius 1 is 2.00 bits per heavy atom. The Hall–Kier alpha value is -0.183. The molecule has 0 aromatic rings. The van der Waals surface area contributed by atoms with Crippen LogP contribution in [0.3, 0.4) is 0 Å². The van der Waals surface area contributed by atoms with Gasteiger partial charge in [-0.2, -0.15) is 4.80 Å². The van der Waals surface area contributed by atoms with Gasteiger partial charge in [-0.1, -0.05) is 0 Å². The molecule has 0 spiro atoms. The maximum absolute atomic E-state index is 7.54. The lowest BCUT2D eigenvalue weighted by atomic mass is 11.9. The topological polar surface area (TPSA) is 32.6 Å². The van der Waals surface area contributed by atoms with Crippen LogP contribution in [0.5, 0.6) is 0 Å². The summed E-state index contributed by atoms with van der Waals surface area (Å²) in [5, 5.41) is 7.54. The van der Waals surface area contributed by atoms with Gasteiger partial charge in [-0.05, 0) is 6.55 Å². The van der Waals surface area contributed by atoms with Gasteiger partial charge in [-0.3, -0.25) is 0 Å². The van der Waals surface area contributed by atoms with E-state index in [1.807, 2.05) is 6.55 Å². The van der Waals surface area contributed by atoms with E-state index in [4.69, 9.17) is 5.21 Å². The fourth-order valence-electron chi connectivity index (χ4n) is 0. The summed E-state index contributed by atoms with van der Waals surface area (Å²) in [5.74, 6) is 0. The van der Waals surface area contributed by atoms with Gasteiger partial charge >= 0.3 is 0 Å². The molecule has 0 heterocycles. The summed E-state index contributed by atoms with van der Waals surface area (Å²) in [6, 6.07) is 0. The molecule has 1 N–H and O–H groups in total. The van der Waals surface area contributed by atoms with E-state index in [0.717, 1.165) is 0 Å². The van der Waals surface area contributed by atoms with Crippen LogP contribution in [0.1, 0.15) is 0 Å². The maximum atomic E-state index is 7.54. The van der Waals surface area contributed by atoms with Gasteiger partial charge in [0, 0.05) is 0 Å². The number of hydrogen-bond donors (Lipinski definition) is 1. The smallest absolute Gasteiger partial charge is 0.160 e. The number of rotatable bonds is 0. The lowest BCUT2D eigenvalue weighted by Gasteiger charge is -1.54. The maximum Gasteiger partial charge on any atom is 0.160 e. The third-order valence-electron chi connectivity index (χ3n) is 0.115. The summed E-state index contributed by atoms with van der Waals surface area (Å²) in [5.41, 5.74) is 0. The van der Waals surface area contributed by atoms with Crippen LogP contribution in [-0.2, 0) is 0 Å². The first-order valence-electron chi connectivity index (χ1n) is 1.04. The minimum Gasteiger partial charge on any atom is -0.421 e. The Bertz CT molecular complexity index is 23.2. The highest BCUT2D eigenvalue weighted by atomic mass is 28.2. The molecule has 0 saturated heterocycles. The minimum atomic E-state index is -0.0370. The van der Waals surface area contributed by atoms with E-state index in [-0.39, 0.29) is 9.31 Å². The molecule has 3 heteroatoms. The van der Waals surface area contributed by atoms with E-state index in [1.54, 1.807) is 0 Å². The fourth-order valence-corrected chi connectivity index (χ4v) is 0. The summed E-state index contributed by atoms with van der Waals surface area (Å²) in [6.07, 6.45) is 0. The van der Waals surface area contributed by atoms with Crippen LogP contribution >= 0.6 is 0 Å². The van der Waals surface area contributed by atoms with Gasteiger partial charge in [0.05, 0.1) is 0 Å². The molecule has 0 aromatic carbocycles. The predicted octanol–water partition coefficient (Wildman–Crippen LogP) is 0.0438. The van der Waals surface area contributed by atoms with Crippen LogP contribution in [0.4, 0.5) is 0 Å². The number of hydrogen-bond acceptors (Lipinski definition) is 2. The quantitative estimate of drug-likeness (QED) is 0.320. The van der Waals surface area contributed by atoms with Crippen molar-refractivity contribution in [3.8, 4) is 0 Å². The average Bonchev–Trinajstić information content (AvgIpc) is 1.37. The lowest BCUT2D eigenvalue weighted by molar-refractivity contribution is 0.325. The summed E-state index contributed by atoms with van der Waals surface area (Å²) in [7, 11) is -0.0370. The first-order chi connectivity index (χ1) is 1.91. The summed E-state index contributed by atoms with van der Waals surface area (Å²) in [6.45, 7) is 1.85. The van der Waals surface area contributed by atoms with Gasteiger partial charge < -0.3 is 5.21 Å². The third-order valence-corrected chi connectivity index (χ3v) is 0.346. The Kier molecular flexibility index (Phi) is 2.69. The van der Waals surface area contributed by atoms with Crippen molar-refractivity contribution in [1.82, 2.24) is 0 Å². The SMILES string of the molecule is C[SiH]=NO. The van der Waals surface area contributed by atoms with Crippen molar-refractivity contribution in [1.29, 1.82) is 0 Å². The molecule has 0 saturated carbocycles. The second-order valence-corrected chi connectivity index (χ2v) is 1.12. The number of nitrogens with zero attached hydrogens (tertiary/aromatic N) is 1. The van der Waals surface area contributed by atoms with Crippen LogP contribution in [0.2, 0.25) is 6.55 Å². The third kappa shape index (κ3) is 1.82. The van der Waals surface area contributed by atoms with Gasteiger partial charge in [-0.25, -0.2) is 0 Å². The van der Waals surface area contributed by atoms with Crippen LogP contribution in [0.15, 0.2) is 4.80 Å². The first kappa shape index (κ1) is 3.82. The second-order valence-electron chi connectivity index (χ2n) is 0.374. The lowest BCUT2D eigenvalue weighted by Crippen LogP contribution is -1.52. The molecule has 4 heavy (non-hydrogen) atoms. The molecule has 0 bridgehead atoms. The van der Waals surface area contributed by atoms with E-state index in [0.29, 0.717) is 0 Å². The van der Waals surface area contributed by atoms with Crippen molar-refractivity contribution in [3.63, 3.8) is 0 Å². The monoisotopic (exact) mass is 75.0 g/mol. The van der Waals surface area contributed by atoms with Crippen LogP contribution in [0.25, 0.3) is 0 Å². The zero-order chi connectivity index (χ0) is 3.41. The van der Waals surface area contributed by atoms with Gasteiger partial charge in [0.15, 0.2) is 9.31 Å². The van der Waals surface area contributed by atoms with E-state index < -0.39 is 0 Å². The first-order valence-corrected chi connectivity index (χ1v) is 2.71. The molecule has 0 aliphatic rings. The highest BCUT2D eigenvalue weighted by Gasteiger charge is 1.38. The van der Waals surface area contributed by atoms with Crippen LogP contribution < -0.4 is 0 Å². The molecular weight excluding hydrogens is 70.1 g/mol. The molecule has 0 aliphatic carbocycles. The Morgan fingerprint density at radius 2 is 2.25 bits per heavy atom. The molecule has 0 rings (SSSR count). The van der Waals surface area contributed by atoms with Crippen molar-refractivity contribution >= 4 is 9.31 Å². The molecule has 0 aliphatic heterocycles. The van der Waals surface area contributed by atoms with E-state index >= 15 is 0 Å². The van der Waals surface area contributed by atoms with Crippen molar-refractivity contribution in [2.75, 3.05) is 0 Å². The largest absolute Gasteiger partial charge is 0.421 e. The minimum absolute atomic E-state index is 0.0370. The van der Waals surface area contributed by atoms with E-state index in [1.165, 1.54) is 0 Å². The molecule has 0 amide bonds. The molecule has 0 aromatic heterocycles. The zero-order valence-corrected chi connectivity index (χ0v) is 3.63. The van der Waals surface area contributed by atoms with Crippen molar-refractivity contribution in [2.45, 2.75) is 6.55 Å². The standard InChI is InChI=1S/CH5NOSi/c1-4-2-3/h3-4H,1H3. The van der Waals surface area contributed by atoms with Gasteiger partial charge in [0.2, 0.25) is 0 Å². The Labute approximate surface area is 27.0 Å². The summed E-state index contributed by atoms with van der Waals surface area (Å²) in [4.78, 5) is 2.82. The molecule has 0 unspecified atom stereocenters. The Balaban J connectivity index is 2.55. The highest BCUT2D eigenvalue weighted by Crippen LogP contribution is 1.36. The molecule has 2 nitrogen and oxygen atoms in total. The van der Waals surface area contributed by atoms with Gasteiger partial charge in [0.25, 0.3) is 0 Å². The summed E-state index contributed by atoms with van der Waals surface area (Å²) < 4.78 is 0. The van der Waals surface area contributed by atoms with Crippen molar-refractivity contribution in [2.24, 2.45) is 4.80 Å². The van der Waals surface area contributed by atoms with Crippen molar-refractivity contribution < 1.29 is 5.21 Å². The molecule has 0 fully saturated rings. The fraction of sp³-hybridized carbons (Fsp3) is 1.00. The Morgan fingerprint density at radius 3 is 2.25 bits per heavy atom. The summed E-state index contributed by atoms with van der Waals surface area (Å²) >= 11 is 0. The predicted molar refractivity (Wildman–Crippen MR) is 17.2 cm³/mol. The zero-order valence-electron chi connectivity index (χ0n) is 2.47. The highest BCUT2D eigenvalue weighted by molar-refractivity contribution is 6.18. The van der Waals surface area contributed by atoms with Crippen LogP contribution in [0, 0.1) is 0 Å². The van der Waals surface area contributed by atoms with E-state index in [9.17, 15) is 0 Å². The van der Waals surface area contributed by atoms with E-state index in [2.05, 4.69) is 4.80 Å². The normalized spacial score (nSPS) is 9.25. The molecule has 0 radical (unpaired) electrons. The van der Waals surface area contributed by atoms with Crippen LogP contribution in [-0.4, -0.2) is 14.5 Å². The average molecular weight is 75.1 g/mol. The van der Waals surface area contributed by atoms with Crippen molar-refractivity contribution in [3.05, 3.63) is 0 Å². The molecule has 24 valence electrons. The van der Waals surface area contributed by atoms with Gasteiger partial charge in [-0.15, -0.1) is 0 Å². The van der Waals surface area contributed by atoms with Gasteiger partial charge in [0.1, 0.15) is 0 Å². The molecular formula is CH5NOSi. The molecule has 0 atom stereocenters. The second kappa shape index (κ2) is 2.82.